The van der Waals surface area contributed by atoms with Gasteiger partial charge in [-0.1, -0.05) is 33.2 Å². The fourth-order valence-electron chi connectivity index (χ4n) is 2.45. The Labute approximate surface area is 143 Å². The van der Waals surface area contributed by atoms with Crippen molar-refractivity contribution >= 4 is 25.8 Å². The van der Waals surface area contributed by atoms with Gasteiger partial charge < -0.3 is 4.52 Å². The average molecular weight is 392 g/mol. The number of nitrogens with zero attached hydrogens (tertiary/aromatic N) is 1. The Morgan fingerprint density at radius 1 is 0.913 bits per heavy atom. The molecule has 0 fully saturated rings. The third kappa shape index (κ3) is 2.96. The molecule has 3 aromatic rings. The van der Waals surface area contributed by atoms with Gasteiger partial charge in [-0.3, -0.25) is 0 Å². The van der Waals surface area contributed by atoms with Gasteiger partial charge in [-0.25, -0.2) is 8.42 Å². The number of hydrogen-bond acceptors (Lipinski definition) is 4. The van der Waals surface area contributed by atoms with Crippen LogP contribution in [0, 0.1) is 13.8 Å². The van der Waals surface area contributed by atoms with Crippen molar-refractivity contribution in [2.75, 3.05) is 0 Å². The molecule has 0 spiro atoms. The second-order valence-corrected chi connectivity index (χ2v) is 8.05. The molecule has 6 heteroatoms. The molecule has 1 aromatic heterocycles. The molecule has 1 heterocycles. The first-order chi connectivity index (χ1) is 10.9. The highest BCUT2D eigenvalue weighted by Gasteiger charge is 2.18. The first-order valence-electron chi connectivity index (χ1n) is 6.93. The summed E-state index contributed by atoms with van der Waals surface area (Å²) in [6.07, 6.45) is 0. The summed E-state index contributed by atoms with van der Waals surface area (Å²) < 4.78 is 31.3. The Balaban J connectivity index is 2.01. The second-order valence-electron chi connectivity index (χ2n) is 5.18. The van der Waals surface area contributed by atoms with Gasteiger partial charge in [0, 0.05) is 10.0 Å². The standard InChI is InChI=1S/C17H14BrNO3S/c1-11-17(12(2)22-19-11)13-3-7-15(8-4-13)23(20,21)16-9-5-14(18)6-10-16/h3-10H,1-2H3. The normalized spacial score (nSPS) is 11.6. The molecular weight excluding hydrogens is 378 g/mol. The van der Waals surface area contributed by atoms with Gasteiger partial charge in [0.15, 0.2) is 0 Å². The fraction of sp³-hybridized carbons (Fsp3) is 0.118. The van der Waals surface area contributed by atoms with E-state index in [0.717, 1.165) is 21.3 Å². The third-order valence-corrected chi connectivity index (χ3v) is 5.92. The molecule has 2 aromatic carbocycles. The minimum absolute atomic E-state index is 0.260. The molecule has 0 aliphatic rings. The first kappa shape index (κ1) is 16.0. The van der Waals surface area contributed by atoms with Crippen LogP contribution >= 0.6 is 15.9 Å². The van der Waals surface area contributed by atoms with Crippen LogP contribution in [0.15, 0.2) is 67.3 Å². The number of aryl methyl sites for hydroxylation is 2. The van der Waals surface area contributed by atoms with Crippen molar-refractivity contribution in [2.24, 2.45) is 0 Å². The quantitative estimate of drug-likeness (QED) is 0.656. The van der Waals surface area contributed by atoms with Crippen LogP contribution in [0.2, 0.25) is 0 Å². The van der Waals surface area contributed by atoms with Crippen molar-refractivity contribution in [3.8, 4) is 11.1 Å². The molecule has 0 saturated heterocycles. The van der Waals surface area contributed by atoms with E-state index in [2.05, 4.69) is 21.1 Å². The molecule has 0 aliphatic heterocycles. The summed E-state index contributed by atoms with van der Waals surface area (Å²) in [7, 11) is -3.52. The maximum atomic E-state index is 12.6. The lowest BCUT2D eigenvalue weighted by Crippen LogP contribution is -2.01. The van der Waals surface area contributed by atoms with Crippen molar-refractivity contribution < 1.29 is 12.9 Å². The molecule has 0 bridgehead atoms. The Morgan fingerprint density at radius 2 is 1.43 bits per heavy atom. The maximum absolute atomic E-state index is 12.6. The first-order valence-corrected chi connectivity index (χ1v) is 9.21. The summed E-state index contributed by atoms with van der Waals surface area (Å²) in [5, 5.41) is 3.92. The van der Waals surface area contributed by atoms with E-state index in [-0.39, 0.29) is 9.79 Å². The molecule has 3 rings (SSSR count). The van der Waals surface area contributed by atoms with E-state index in [1.807, 2.05) is 13.8 Å². The van der Waals surface area contributed by atoms with Gasteiger partial charge in [-0.2, -0.15) is 0 Å². The smallest absolute Gasteiger partial charge is 0.206 e. The lowest BCUT2D eigenvalue weighted by molar-refractivity contribution is 0.393. The average Bonchev–Trinajstić information content (AvgIpc) is 2.87. The summed E-state index contributed by atoms with van der Waals surface area (Å²) in [4.78, 5) is 0.529. The van der Waals surface area contributed by atoms with Crippen molar-refractivity contribution in [3.05, 3.63) is 64.5 Å². The second kappa shape index (κ2) is 5.94. The molecule has 118 valence electrons. The van der Waals surface area contributed by atoms with E-state index in [9.17, 15) is 8.42 Å². The number of halogens is 1. The van der Waals surface area contributed by atoms with Crippen molar-refractivity contribution in [1.82, 2.24) is 5.16 Å². The molecule has 0 atom stereocenters. The summed E-state index contributed by atoms with van der Waals surface area (Å²) in [5.74, 6) is 0.714. The lowest BCUT2D eigenvalue weighted by Gasteiger charge is -2.06. The van der Waals surface area contributed by atoms with E-state index >= 15 is 0 Å². The van der Waals surface area contributed by atoms with Crippen LogP contribution in [-0.2, 0) is 9.84 Å². The zero-order chi connectivity index (χ0) is 16.6. The van der Waals surface area contributed by atoms with Gasteiger partial charge in [0.25, 0.3) is 0 Å². The topological polar surface area (TPSA) is 60.2 Å². The SMILES string of the molecule is Cc1noc(C)c1-c1ccc(S(=O)(=O)c2ccc(Br)cc2)cc1. The highest BCUT2D eigenvalue weighted by molar-refractivity contribution is 9.10. The van der Waals surface area contributed by atoms with Crippen LogP contribution in [-0.4, -0.2) is 13.6 Å². The van der Waals surface area contributed by atoms with Gasteiger partial charge in [0.2, 0.25) is 9.84 Å². The summed E-state index contributed by atoms with van der Waals surface area (Å²) in [5.41, 5.74) is 2.57. The number of benzene rings is 2. The Bertz CT molecular complexity index is 923. The molecule has 0 radical (unpaired) electrons. The minimum atomic E-state index is -3.52. The summed E-state index contributed by atoms with van der Waals surface area (Å²) in [6, 6.07) is 13.4. The van der Waals surface area contributed by atoms with Crippen LogP contribution in [0.25, 0.3) is 11.1 Å². The number of hydrogen-bond donors (Lipinski definition) is 0. The van der Waals surface area contributed by atoms with Gasteiger partial charge in [0.1, 0.15) is 5.76 Å². The fourth-order valence-corrected chi connectivity index (χ4v) is 3.97. The van der Waals surface area contributed by atoms with E-state index in [4.69, 9.17) is 4.52 Å². The predicted octanol–water partition coefficient (Wildman–Crippen LogP) is 4.55. The Kier molecular flexibility index (Phi) is 4.12. The predicted molar refractivity (Wildman–Crippen MR) is 91.0 cm³/mol. The van der Waals surface area contributed by atoms with Crippen LogP contribution in [0.3, 0.4) is 0 Å². The highest BCUT2D eigenvalue weighted by Crippen LogP contribution is 2.29. The van der Waals surface area contributed by atoms with E-state index < -0.39 is 9.84 Å². The third-order valence-electron chi connectivity index (χ3n) is 3.61. The summed E-state index contributed by atoms with van der Waals surface area (Å²) >= 11 is 3.30. The summed E-state index contributed by atoms with van der Waals surface area (Å²) in [6.45, 7) is 3.69. The number of sulfone groups is 1. The Morgan fingerprint density at radius 3 is 1.91 bits per heavy atom. The zero-order valence-corrected chi connectivity index (χ0v) is 15.0. The largest absolute Gasteiger partial charge is 0.361 e. The molecule has 23 heavy (non-hydrogen) atoms. The van der Waals surface area contributed by atoms with Crippen LogP contribution < -0.4 is 0 Å². The van der Waals surface area contributed by atoms with Crippen LogP contribution in [0.5, 0.6) is 0 Å². The van der Waals surface area contributed by atoms with E-state index in [0.29, 0.717) is 5.76 Å². The van der Waals surface area contributed by atoms with Crippen molar-refractivity contribution in [2.45, 2.75) is 23.6 Å². The maximum Gasteiger partial charge on any atom is 0.206 e. The molecule has 0 saturated carbocycles. The minimum Gasteiger partial charge on any atom is -0.361 e. The molecule has 0 unspecified atom stereocenters. The molecule has 0 amide bonds. The monoisotopic (exact) mass is 391 g/mol. The van der Waals surface area contributed by atoms with Gasteiger partial charge in [0.05, 0.1) is 15.5 Å². The van der Waals surface area contributed by atoms with Crippen LogP contribution in [0.1, 0.15) is 11.5 Å². The van der Waals surface area contributed by atoms with Crippen molar-refractivity contribution in [1.29, 1.82) is 0 Å². The van der Waals surface area contributed by atoms with E-state index in [1.54, 1.807) is 48.5 Å². The number of rotatable bonds is 3. The van der Waals surface area contributed by atoms with Gasteiger partial charge in [-0.15, -0.1) is 0 Å². The van der Waals surface area contributed by atoms with Gasteiger partial charge >= 0.3 is 0 Å². The van der Waals surface area contributed by atoms with E-state index in [1.165, 1.54) is 0 Å². The molecule has 4 nitrogen and oxygen atoms in total. The number of aromatic nitrogens is 1. The lowest BCUT2D eigenvalue weighted by atomic mass is 10.0. The van der Waals surface area contributed by atoms with Crippen molar-refractivity contribution in [3.63, 3.8) is 0 Å². The molecule has 0 N–H and O–H groups in total. The van der Waals surface area contributed by atoms with Crippen LogP contribution in [0.4, 0.5) is 0 Å². The van der Waals surface area contributed by atoms with Gasteiger partial charge in [-0.05, 0) is 55.8 Å². The molecule has 0 aliphatic carbocycles. The zero-order valence-electron chi connectivity index (χ0n) is 12.6. The molecular formula is C17H14BrNO3S. The highest BCUT2D eigenvalue weighted by atomic mass is 79.9. The Hall–Kier alpha value is -1.92.